The summed E-state index contributed by atoms with van der Waals surface area (Å²) in [6, 6.07) is 10.9. The number of anilines is 2. The normalized spacial score (nSPS) is 10.2. The van der Waals surface area contributed by atoms with Gasteiger partial charge in [-0.3, -0.25) is 14.8 Å². The molecule has 6 nitrogen and oxygen atoms in total. The van der Waals surface area contributed by atoms with Crippen LogP contribution < -0.4 is 22.1 Å². The Hall–Kier alpha value is -2.34. The van der Waals surface area contributed by atoms with Gasteiger partial charge in [0.05, 0.1) is 6.54 Å². The first kappa shape index (κ1) is 11.2. The lowest BCUT2D eigenvalue weighted by Crippen LogP contribution is -2.32. The highest BCUT2D eigenvalue weighted by Gasteiger charge is 2.06. The van der Waals surface area contributed by atoms with E-state index in [4.69, 9.17) is 11.6 Å². The number of aromatic amines is 1. The standard InChI is InChI=1S/C11H13N5O/c12-11-14-9(6-10(17)15-11)16(13)7-8-4-2-1-3-5-8/h1-6H,7,13H2,(H3,12,14,15,17). The maximum absolute atomic E-state index is 11.2. The predicted molar refractivity (Wildman–Crippen MR) is 66.1 cm³/mol. The van der Waals surface area contributed by atoms with Crippen molar-refractivity contribution in [3.05, 3.63) is 52.3 Å². The van der Waals surface area contributed by atoms with E-state index in [1.165, 1.54) is 11.1 Å². The maximum Gasteiger partial charge on any atom is 0.254 e. The average Bonchev–Trinajstić information content (AvgIpc) is 2.29. The summed E-state index contributed by atoms with van der Waals surface area (Å²) in [4.78, 5) is 17.5. The van der Waals surface area contributed by atoms with Crippen molar-refractivity contribution in [3.63, 3.8) is 0 Å². The van der Waals surface area contributed by atoms with Gasteiger partial charge in [0.2, 0.25) is 5.95 Å². The molecule has 17 heavy (non-hydrogen) atoms. The van der Waals surface area contributed by atoms with Crippen LogP contribution in [0.5, 0.6) is 0 Å². The molecule has 0 spiro atoms. The summed E-state index contributed by atoms with van der Waals surface area (Å²) in [6.07, 6.45) is 0. The summed E-state index contributed by atoms with van der Waals surface area (Å²) in [5, 5.41) is 1.38. The first-order valence-electron chi connectivity index (χ1n) is 5.08. The van der Waals surface area contributed by atoms with E-state index in [-0.39, 0.29) is 11.5 Å². The number of aromatic nitrogens is 2. The van der Waals surface area contributed by atoms with Crippen LogP contribution in [-0.2, 0) is 6.54 Å². The van der Waals surface area contributed by atoms with E-state index in [0.29, 0.717) is 12.4 Å². The van der Waals surface area contributed by atoms with Gasteiger partial charge in [-0.15, -0.1) is 0 Å². The van der Waals surface area contributed by atoms with Crippen LogP contribution in [0.25, 0.3) is 0 Å². The zero-order valence-corrected chi connectivity index (χ0v) is 9.13. The van der Waals surface area contributed by atoms with Crippen LogP contribution in [0.4, 0.5) is 11.8 Å². The monoisotopic (exact) mass is 231 g/mol. The highest BCUT2D eigenvalue weighted by atomic mass is 16.1. The molecular weight excluding hydrogens is 218 g/mol. The molecule has 1 aromatic heterocycles. The molecule has 0 fully saturated rings. The second-order valence-corrected chi connectivity index (χ2v) is 3.60. The zero-order valence-electron chi connectivity index (χ0n) is 9.13. The first-order valence-corrected chi connectivity index (χ1v) is 5.08. The zero-order chi connectivity index (χ0) is 12.3. The quantitative estimate of drug-likeness (QED) is 0.518. The number of nitrogens with one attached hydrogen (secondary N) is 1. The molecule has 0 aliphatic heterocycles. The van der Waals surface area contributed by atoms with E-state index in [2.05, 4.69) is 9.97 Å². The third-order valence-corrected chi connectivity index (χ3v) is 2.24. The number of hydrazine groups is 1. The second-order valence-electron chi connectivity index (χ2n) is 3.60. The third-order valence-electron chi connectivity index (χ3n) is 2.24. The Morgan fingerprint density at radius 1 is 1.29 bits per heavy atom. The maximum atomic E-state index is 11.2. The fourth-order valence-corrected chi connectivity index (χ4v) is 1.47. The Morgan fingerprint density at radius 2 is 2.00 bits per heavy atom. The van der Waals surface area contributed by atoms with Crippen molar-refractivity contribution in [2.75, 3.05) is 10.7 Å². The van der Waals surface area contributed by atoms with Crippen LogP contribution in [0.15, 0.2) is 41.2 Å². The molecule has 0 unspecified atom stereocenters. The molecule has 1 aromatic carbocycles. The van der Waals surface area contributed by atoms with Crippen LogP contribution in [0.3, 0.4) is 0 Å². The topological polar surface area (TPSA) is 101 Å². The van der Waals surface area contributed by atoms with E-state index in [9.17, 15) is 4.79 Å². The van der Waals surface area contributed by atoms with Gasteiger partial charge in [0.25, 0.3) is 5.56 Å². The van der Waals surface area contributed by atoms with Gasteiger partial charge in [-0.05, 0) is 5.56 Å². The number of nitrogen functional groups attached to an aromatic ring is 1. The van der Waals surface area contributed by atoms with E-state index < -0.39 is 0 Å². The van der Waals surface area contributed by atoms with Gasteiger partial charge < -0.3 is 5.73 Å². The summed E-state index contributed by atoms with van der Waals surface area (Å²) >= 11 is 0. The Morgan fingerprint density at radius 3 is 2.65 bits per heavy atom. The summed E-state index contributed by atoms with van der Waals surface area (Å²) in [5.74, 6) is 6.22. The Bertz CT molecular complexity index is 551. The minimum atomic E-state index is -0.323. The molecule has 0 aliphatic carbocycles. The lowest BCUT2D eigenvalue weighted by atomic mass is 10.2. The van der Waals surface area contributed by atoms with E-state index in [1.807, 2.05) is 30.3 Å². The summed E-state index contributed by atoms with van der Waals surface area (Å²) < 4.78 is 0. The number of hydrogen-bond donors (Lipinski definition) is 3. The molecular formula is C11H13N5O. The van der Waals surface area contributed by atoms with Crippen molar-refractivity contribution in [1.29, 1.82) is 0 Å². The van der Waals surface area contributed by atoms with Crippen LogP contribution in [0.2, 0.25) is 0 Å². The van der Waals surface area contributed by atoms with Crippen LogP contribution in [0.1, 0.15) is 5.56 Å². The number of hydrogen-bond acceptors (Lipinski definition) is 5. The molecule has 0 bridgehead atoms. The molecule has 2 rings (SSSR count). The van der Waals surface area contributed by atoms with Crippen molar-refractivity contribution in [3.8, 4) is 0 Å². The number of H-pyrrole nitrogens is 1. The molecule has 5 N–H and O–H groups in total. The molecule has 0 saturated carbocycles. The number of nitrogens with two attached hydrogens (primary N) is 2. The average molecular weight is 231 g/mol. The second kappa shape index (κ2) is 4.67. The molecule has 1 heterocycles. The molecule has 0 aliphatic rings. The van der Waals surface area contributed by atoms with Gasteiger partial charge >= 0.3 is 0 Å². The molecule has 2 aromatic rings. The minimum Gasteiger partial charge on any atom is -0.369 e. The van der Waals surface area contributed by atoms with Crippen LogP contribution >= 0.6 is 0 Å². The van der Waals surface area contributed by atoms with E-state index >= 15 is 0 Å². The minimum absolute atomic E-state index is 0.0519. The number of rotatable bonds is 3. The SMILES string of the molecule is Nc1nc(N(N)Cc2ccccc2)cc(=O)[nH]1. The largest absolute Gasteiger partial charge is 0.369 e. The molecule has 6 heteroatoms. The molecule has 0 saturated heterocycles. The van der Waals surface area contributed by atoms with E-state index in [1.54, 1.807) is 0 Å². The molecule has 0 atom stereocenters. The Balaban J connectivity index is 2.20. The van der Waals surface area contributed by atoms with Gasteiger partial charge in [-0.25, -0.2) is 5.84 Å². The van der Waals surface area contributed by atoms with Gasteiger partial charge in [0.1, 0.15) is 0 Å². The number of benzene rings is 1. The van der Waals surface area contributed by atoms with Crippen molar-refractivity contribution in [2.24, 2.45) is 5.84 Å². The van der Waals surface area contributed by atoms with Crippen molar-refractivity contribution in [2.45, 2.75) is 6.54 Å². The van der Waals surface area contributed by atoms with Gasteiger partial charge in [-0.2, -0.15) is 4.98 Å². The molecule has 0 amide bonds. The summed E-state index contributed by atoms with van der Waals surface area (Å²) in [5.41, 5.74) is 6.14. The van der Waals surface area contributed by atoms with Gasteiger partial charge in [-0.1, -0.05) is 30.3 Å². The number of nitrogens with zero attached hydrogens (tertiary/aromatic N) is 2. The molecule has 88 valence electrons. The molecule has 0 radical (unpaired) electrons. The lowest BCUT2D eigenvalue weighted by molar-refractivity contribution is 0.827. The van der Waals surface area contributed by atoms with Gasteiger partial charge in [0, 0.05) is 6.07 Å². The van der Waals surface area contributed by atoms with Crippen molar-refractivity contribution < 1.29 is 0 Å². The smallest absolute Gasteiger partial charge is 0.254 e. The first-order chi connectivity index (χ1) is 8.15. The van der Waals surface area contributed by atoms with E-state index in [0.717, 1.165) is 5.56 Å². The fourth-order valence-electron chi connectivity index (χ4n) is 1.47. The van der Waals surface area contributed by atoms with Crippen molar-refractivity contribution in [1.82, 2.24) is 9.97 Å². The Labute approximate surface area is 97.9 Å². The van der Waals surface area contributed by atoms with Crippen molar-refractivity contribution >= 4 is 11.8 Å². The highest BCUT2D eigenvalue weighted by Crippen LogP contribution is 2.09. The van der Waals surface area contributed by atoms with Crippen LogP contribution in [-0.4, -0.2) is 9.97 Å². The lowest BCUT2D eigenvalue weighted by Gasteiger charge is -2.17. The third kappa shape index (κ3) is 2.82. The summed E-state index contributed by atoms with van der Waals surface area (Å²) in [7, 11) is 0. The van der Waals surface area contributed by atoms with Crippen LogP contribution in [0, 0.1) is 0 Å². The fraction of sp³-hybridized carbons (Fsp3) is 0.0909. The highest BCUT2D eigenvalue weighted by molar-refractivity contribution is 5.40. The summed E-state index contributed by atoms with van der Waals surface area (Å²) in [6.45, 7) is 0.455. The predicted octanol–water partition coefficient (Wildman–Crippen LogP) is 0.232. The van der Waals surface area contributed by atoms with Gasteiger partial charge in [0.15, 0.2) is 5.82 Å². The Kier molecular flexibility index (Phi) is 3.06.